The second-order valence-corrected chi connectivity index (χ2v) is 10.3. The molecule has 1 unspecified atom stereocenters. The third-order valence-corrected chi connectivity index (χ3v) is 5.78. The number of hydrogen-bond donors (Lipinski definition) is 7. The second-order valence-electron chi connectivity index (χ2n) is 10.3. The number of nitrogen functional groups attached to an aromatic ring is 1. The second kappa shape index (κ2) is 14.0. The minimum absolute atomic E-state index is 0.0637. The van der Waals surface area contributed by atoms with Crippen molar-refractivity contribution in [3.8, 4) is 0 Å². The van der Waals surface area contributed by atoms with Crippen LogP contribution in [0.25, 0.3) is 0 Å². The maximum atomic E-state index is 13.4. The van der Waals surface area contributed by atoms with Crippen molar-refractivity contribution in [2.45, 2.75) is 52.1 Å². The quantitative estimate of drug-likeness (QED) is 0.0707. The summed E-state index contributed by atoms with van der Waals surface area (Å²) in [5, 5.41) is 12.8. The fourth-order valence-electron chi connectivity index (χ4n) is 3.62. The van der Waals surface area contributed by atoms with E-state index in [1.807, 2.05) is 0 Å². The highest BCUT2D eigenvalue weighted by molar-refractivity contribution is 6.02. The van der Waals surface area contributed by atoms with Crippen molar-refractivity contribution in [2.75, 3.05) is 20.6 Å². The molecule has 0 radical (unpaired) electrons. The summed E-state index contributed by atoms with van der Waals surface area (Å²) in [7, 11) is 3.07. The van der Waals surface area contributed by atoms with Crippen LogP contribution in [-0.2, 0) is 25.6 Å². The Hall–Kier alpha value is -4.16. The highest BCUT2D eigenvalue weighted by Crippen LogP contribution is 2.21. The van der Waals surface area contributed by atoms with Gasteiger partial charge in [-0.15, -0.1) is 0 Å². The standard InChI is InChI=1S/C25H41N9O4/c1-25(2,3)18(22(37)32-17(20(28)35)7-6-12-31-24(29)30)33-21(36)16(23(38)34(4)5)13-14-8-10-15(11-9-14)19(26)27/h8-11,16-18H,6-7,12-13H2,1-5H3,(H3,26,27)(H2,28,35)(H,32,37)(H,33,36)(H4,29,30,31)/t16?,17-,18+/m0/s1. The predicted molar refractivity (Wildman–Crippen MR) is 146 cm³/mol. The number of nitrogens with zero attached hydrogens (tertiary/aromatic N) is 2. The van der Waals surface area contributed by atoms with Crippen molar-refractivity contribution in [3.63, 3.8) is 0 Å². The molecule has 13 nitrogen and oxygen atoms in total. The van der Waals surface area contributed by atoms with Crippen molar-refractivity contribution in [3.05, 3.63) is 35.4 Å². The zero-order valence-corrected chi connectivity index (χ0v) is 22.7. The van der Waals surface area contributed by atoms with Gasteiger partial charge in [-0.05, 0) is 30.2 Å². The van der Waals surface area contributed by atoms with Gasteiger partial charge in [0.05, 0.1) is 0 Å². The topological polar surface area (TPSA) is 236 Å². The Kier molecular flexibility index (Phi) is 11.7. The zero-order chi connectivity index (χ0) is 29.2. The van der Waals surface area contributed by atoms with Crippen LogP contribution in [0.15, 0.2) is 29.3 Å². The van der Waals surface area contributed by atoms with Crippen molar-refractivity contribution < 1.29 is 19.2 Å². The van der Waals surface area contributed by atoms with Gasteiger partial charge in [0.2, 0.25) is 23.6 Å². The first-order valence-corrected chi connectivity index (χ1v) is 12.1. The fourth-order valence-corrected chi connectivity index (χ4v) is 3.62. The number of carbonyl (C=O) groups excluding carboxylic acids is 4. The smallest absolute Gasteiger partial charge is 0.243 e. The number of hydrogen-bond acceptors (Lipinski definition) is 6. The van der Waals surface area contributed by atoms with Crippen LogP contribution in [0.4, 0.5) is 0 Å². The van der Waals surface area contributed by atoms with Crippen LogP contribution in [0.2, 0.25) is 0 Å². The summed E-state index contributed by atoms with van der Waals surface area (Å²) in [6, 6.07) is 4.57. The number of guanidine groups is 1. The van der Waals surface area contributed by atoms with Crippen LogP contribution < -0.4 is 33.6 Å². The monoisotopic (exact) mass is 531 g/mol. The lowest BCUT2D eigenvalue weighted by atomic mass is 9.85. The number of amides is 4. The molecule has 0 aliphatic heterocycles. The minimum atomic E-state index is -1.13. The van der Waals surface area contributed by atoms with Crippen LogP contribution in [0.3, 0.4) is 0 Å². The van der Waals surface area contributed by atoms with E-state index in [2.05, 4.69) is 15.6 Å². The van der Waals surface area contributed by atoms with Crippen LogP contribution in [0.1, 0.15) is 44.7 Å². The molecule has 11 N–H and O–H groups in total. The first-order valence-electron chi connectivity index (χ1n) is 12.1. The number of benzene rings is 1. The van der Waals surface area contributed by atoms with Crippen LogP contribution in [0, 0.1) is 16.7 Å². The van der Waals surface area contributed by atoms with Gasteiger partial charge in [0, 0.05) is 26.2 Å². The molecule has 0 saturated carbocycles. The summed E-state index contributed by atoms with van der Waals surface area (Å²) in [6.07, 6.45) is 0.648. The third-order valence-electron chi connectivity index (χ3n) is 5.78. The molecule has 0 bridgehead atoms. The van der Waals surface area contributed by atoms with E-state index in [0.29, 0.717) is 17.5 Å². The average molecular weight is 532 g/mol. The minimum Gasteiger partial charge on any atom is -0.384 e. The van der Waals surface area contributed by atoms with Crippen LogP contribution in [-0.4, -0.2) is 73.0 Å². The van der Waals surface area contributed by atoms with Gasteiger partial charge >= 0.3 is 0 Å². The molecule has 210 valence electrons. The number of nitrogens with two attached hydrogens (primary N) is 4. The van der Waals surface area contributed by atoms with E-state index >= 15 is 0 Å². The van der Waals surface area contributed by atoms with E-state index in [9.17, 15) is 19.2 Å². The lowest BCUT2D eigenvalue weighted by Crippen LogP contribution is -2.59. The predicted octanol–water partition coefficient (Wildman–Crippen LogP) is -1.23. The Balaban J connectivity index is 3.12. The molecule has 38 heavy (non-hydrogen) atoms. The molecule has 1 aromatic rings. The van der Waals surface area contributed by atoms with E-state index in [-0.39, 0.29) is 31.2 Å². The normalized spacial score (nSPS) is 13.4. The first-order chi connectivity index (χ1) is 17.5. The summed E-state index contributed by atoms with van der Waals surface area (Å²) >= 11 is 0. The number of carbonyl (C=O) groups is 4. The largest absolute Gasteiger partial charge is 0.384 e. The molecule has 0 heterocycles. The molecule has 4 amide bonds. The summed E-state index contributed by atoms with van der Waals surface area (Å²) in [5.41, 5.74) is 22.0. The zero-order valence-electron chi connectivity index (χ0n) is 22.7. The molecule has 1 rings (SSSR count). The Morgan fingerprint density at radius 3 is 2.00 bits per heavy atom. The average Bonchev–Trinajstić information content (AvgIpc) is 2.81. The summed E-state index contributed by atoms with van der Waals surface area (Å²) in [5.74, 6) is -3.75. The van der Waals surface area contributed by atoms with Gasteiger partial charge in [-0.3, -0.25) is 29.6 Å². The number of aliphatic imine (C=N–C) groups is 1. The highest BCUT2D eigenvalue weighted by Gasteiger charge is 2.38. The van der Waals surface area contributed by atoms with E-state index < -0.39 is 47.0 Å². The highest BCUT2D eigenvalue weighted by atomic mass is 16.2. The fraction of sp³-hybridized carbons (Fsp3) is 0.520. The van der Waals surface area contributed by atoms with Gasteiger partial charge in [-0.25, -0.2) is 0 Å². The molecule has 0 aliphatic rings. The van der Waals surface area contributed by atoms with Crippen molar-refractivity contribution >= 4 is 35.4 Å². The van der Waals surface area contributed by atoms with Gasteiger partial charge in [-0.2, -0.15) is 0 Å². The van der Waals surface area contributed by atoms with Crippen molar-refractivity contribution in [1.82, 2.24) is 15.5 Å². The Morgan fingerprint density at radius 1 is 0.974 bits per heavy atom. The molecule has 3 atom stereocenters. The maximum Gasteiger partial charge on any atom is 0.243 e. The molecule has 0 fully saturated rings. The third kappa shape index (κ3) is 10.1. The van der Waals surface area contributed by atoms with Crippen LogP contribution >= 0.6 is 0 Å². The number of primary amides is 1. The Morgan fingerprint density at radius 2 is 1.55 bits per heavy atom. The van der Waals surface area contributed by atoms with E-state index in [1.54, 1.807) is 45.0 Å². The van der Waals surface area contributed by atoms with Gasteiger partial charge in [0.25, 0.3) is 0 Å². The molecule has 0 aromatic heterocycles. The van der Waals surface area contributed by atoms with E-state index in [1.165, 1.54) is 19.0 Å². The number of amidine groups is 1. The van der Waals surface area contributed by atoms with Gasteiger partial charge in [-0.1, -0.05) is 45.0 Å². The lowest BCUT2D eigenvalue weighted by Gasteiger charge is -2.33. The van der Waals surface area contributed by atoms with E-state index in [0.717, 1.165) is 0 Å². The summed E-state index contributed by atoms with van der Waals surface area (Å²) in [6.45, 7) is 5.50. The summed E-state index contributed by atoms with van der Waals surface area (Å²) in [4.78, 5) is 56.7. The molecule has 0 aliphatic carbocycles. The first kappa shape index (κ1) is 31.9. The number of rotatable bonds is 13. The van der Waals surface area contributed by atoms with Gasteiger partial charge < -0.3 is 38.5 Å². The maximum absolute atomic E-state index is 13.4. The molecule has 0 spiro atoms. The van der Waals surface area contributed by atoms with Crippen molar-refractivity contribution in [1.29, 1.82) is 5.41 Å². The molecular formula is C25H41N9O4. The van der Waals surface area contributed by atoms with Crippen molar-refractivity contribution in [2.24, 2.45) is 39.3 Å². The molecule has 1 aromatic carbocycles. The SMILES string of the molecule is CN(C)C(=O)C(Cc1ccc(C(=N)N)cc1)C(=O)N[C@H](C(=O)N[C@@H](CCCN=C(N)N)C(N)=O)C(C)(C)C. The molecule has 13 heteroatoms. The van der Waals surface area contributed by atoms with Gasteiger partial charge in [0.1, 0.15) is 23.8 Å². The van der Waals surface area contributed by atoms with Gasteiger partial charge in [0.15, 0.2) is 5.96 Å². The molecular weight excluding hydrogens is 490 g/mol. The lowest BCUT2D eigenvalue weighted by molar-refractivity contribution is -0.143. The van der Waals surface area contributed by atoms with Crippen LogP contribution in [0.5, 0.6) is 0 Å². The Labute approximate surface area is 223 Å². The Bertz CT molecular complexity index is 1040. The number of nitrogens with one attached hydrogen (secondary N) is 3. The van der Waals surface area contributed by atoms with E-state index in [4.69, 9.17) is 28.3 Å². The summed E-state index contributed by atoms with van der Waals surface area (Å²) < 4.78 is 0. The molecule has 0 saturated heterocycles.